The van der Waals surface area contributed by atoms with Crippen molar-refractivity contribution in [1.29, 1.82) is 0 Å². The van der Waals surface area contributed by atoms with E-state index in [1.54, 1.807) is 48.5 Å². The molecule has 2 aromatic rings. The number of nitrogens with zero attached hydrogens (tertiary/aromatic N) is 1. The number of urea groups is 1. The summed E-state index contributed by atoms with van der Waals surface area (Å²) in [6.45, 7) is 0.424. The van der Waals surface area contributed by atoms with Crippen molar-refractivity contribution in [1.82, 2.24) is 5.32 Å². The summed E-state index contributed by atoms with van der Waals surface area (Å²) in [4.78, 5) is 23.8. The molecule has 0 atom stereocenters. The predicted octanol–water partition coefficient (Wildman–Crippen LogP) is 2.23. The third-order valence-electron chi connectivity index (χ3n) is 4.12. The Morgan fingerprint density at radius 2 is 1.67 bits per heavy atom. The Morgan fingerprint density at radius 1 is 1.00 bits per heavy atom. The van der Waals surface area contributed by atoms with E-state index in [1.165, 1.54) is 11.4 Å². The predicted molar refractivity (Wildman–Crippen MR) is 105 cm³/mol. The molecule has 1 heterocycles. The second-order valence-corrected chi connectivity index (χ2v) is 8.04. The lowest BCUT2D eigenvalue weighted by Gasteiger charge is -2.17. The molecular weight excluding hydrogens is 368 g/mol. The number of carbonyl (C=O) groups is 2. The van der Waals surface area contributed by atoms with Crippen LogP contribution >= 0.6 is 0 Å². The van der Waals surface area contributed by atoms with Crippen molar-refractivity contribution in [2.45, 2.75) is 6.42 Å². The van der Waals surface area contributed by atoms with Gasteiger partial charge >= 0.3 is 6.03 Å². The summed E-state index contributed by atoms with van der Waals surface area (Å²) in [5, 5.41) is 7.83. The van der Waals surface area contributed by atoms with Crippen molar-refractivity contribution < 1.29 is 18.0 Å². The van der Waals surface area contributed by atoms with E-state index in [1.807, 2.05) is 0 Å². The van der Waals surface area contributed by atoms with Crippen LogP contribution in [0, 0.1) is 0 Å². The Balaban J connectivity index is 1.71. The quantitative estimate of drug-likeness (QED) is 0.746. The van der Waals surface area contributed by atoms with Gasteiger partial charge in [0.15, 0.2) is 0 Å². The van der Waals surface area contributed by atoms with Crippen LogP contribution in [-0.4, -0.2) is 39.7 Å². The van der Waals surface area contributed by atoms with Gasteiger partial charge in [0.05, 0.1) is 11.4 Å². The number of rotatable bonds is 4. The second-order valence-electron chi connectivity index (χ2n) is 6.03. The van der Waals surface area contributed by atoms with E-state index in [9.17, 15) is 18.0 Å². The molecule has 8 nitrogen and oxygen atoms in total. The van der Waals surface area contributed by atoms with E-state index in [0.717, 1.165) is 0 Å². The molecule has 27 heavy (non-hydrogen) atoms. The van der Waals surface area contributed by atoms with Gasteiger partial charge in [-0.1, -0.05) is 6.07 Å². The minimum absolute atomic E-state index is 0.125. The Morgan fingerprint density at radius 3 is 2.26 bits per heavy atom. The number of amides is 3. The van der Waals surface area contributed by atoms with Crippen LogP contribution in [0.3, 0.4) is 0 Å². The number of benzene rings is 2. The molecule has 3 amide bonds. The zero-order chi connectivity index (χ0) is 19.4. The smallest absolute Gasteiger partial charge is 0.318 e. The summed E-state index contributed by atoms with van der Waals surface area (Å²) in [5.74, 6) is -0.222. The highest BCUT2D eigenvalue weighted by Crippen LogP contribution is 2.25. The van der Waals surface area contributed by atoms with Gasteiger partial charge in [-0.3, -0.25) is 9.10 Å². The zero-order valence-electron chi connectivity index (χ0n) is 14.7. The van der Waals surface area contributed by atoms with Crippen LogP contribution in [0.15, 0.2) is 48.5 Å². The Kier molecular flexibility index (Phi) is 5.31. The summed E-state index contributed by atoms with van der Waals surface area (Å²) in [7, 11) is -1.78. The Bertz CT molecular complexity index is 958. The summed E-state index contributed by atoms with van der Waals surface area (Å²) < 4.78 is 25.4. The van der Waals surface area contributed by atoms with Crippen LogP contribution in [0.1, 0.15) is 16.8 Å². The van der Waals surface area contributed by atoms with Crippen LogP contribution in [0.2, 0.25) is 0 Å². The number of anilines is 3. The first kappa shape index (κ1) is 18.7. The monoisotopic (exact) mass is 388 g/mol. The average molecular weight is 388 g/mol. The molecule has 1 fully saturated rings. The molecule has 0 unspecified atom stereocenters. The molecule has 1 aliphatic heterocycles. The molecule has 3 rings (SSSR count). The first-order valence-corrected chi connectivity index (χ1v) is 10.0. The van der Waals surface area contributed by atoms with E-state index < -0.39 is 10.0 Å². The largest absolute Gasteiger partial charge is 0.341 e. The molecule has 0 saturated carbocycles. The summed E-state index contributed by atoms with van der Waals surface area (Å²) in [5.41, 5.74) is 2.00. The van der Waals surface area contributed by atoms with Gasteiger partial charge in [-0.15, -0.1) is 0 Å². The summed E-state index contributed by atoms with van der Waals surface area (Å²) in [6.07, 6.45) is 0.579. The maximum atomic E-state index is 12.5. The van der Waals surface area contributed by atoms with Crippen molar-refractivity contribution in [3.8, 4) is 0 Å². The molecule has 2 aromatic carbocycles. The molecule has 3 N–H and O–H groups in total. The lowest BCUT2D eigenvalue weighted by atomic mass is 10.1. The number of sulfonamides is 1. The molecule has 0 spiro atoms. The van der Waals surface area contributed by atoms with E-state index in [2.05, 4.69) is 16.0 Å². The molecule has 142 valence electrons. The highest BCUT2D eigenvalue weighted by atomic mass is 32.2. The van der Waals surface area contributed by atoms with Gasteiger partial charge in [-0.05, 0) is 48.9 Å². The van der Waals surface area contributed by atoms with Gasteiger partial charge in [0.2, 0.25) is 10.0 Å². The molecular formula is C18H20N4O4S. The van der Waals surface area contributed by atoms with E-state index in [4.69, 9.17) is 0 Å². The van der Waals surface area contributed by atoms with Crippen LogP contribution in [0.5, 0.6) is 0 Å². The van der Waals surface area contributed by atoms with Crippen LogP contribution in [0.4, 0.5) is 21.9 Å². The first-order valence-electron chi connectivity index (χ1n) is 8.40. The number of hydrogen-bond donors (Lipinski definition) is 3. The number of nitrogens with one attached hydrogen (secondary N) is 3. The summed E-state index contributed by atoms with van der Waals surface area (Å²) >= 11 is 0. The fourth-order valence-corrected chi connectivity index (χ4v) is 4.32. The maximum absolute atomic E-state index is 12.5. The number of carbonyl (C=O) groups excluding carboxylic acids is 2. The third kappa shape index (κ3) is 4.37. The molecule has 0 aromatic heterocycles. The highest BCUT2D eigenvalue weighted by Gasteiger charge is 2.28. The van der Waals surface area contributed by atoms with Gasteiger partial charge in [-0.2, -0.15) is 0 Å². The highest BCUT2D eigenvalue weighted by molar-refractivity contribution is 7.93. The van der Waals surface area contributed by atoms with Crippen molar-refractivity contribution >= 4 is 39.0 Å². The third-order valence-corrected chi connectivity index (χ3v) is 5.99. The van der Waals surface area contributed by atoms with Gasteiger partial charge in [0, 0.05) is 30.5 Å². The van der Waals surface area contributed by atoms with Crippen LogP contribution in [-0.2, 0) is 10.0 Å². The minimum atomic E-state index is -3.30. The fraction of sp³-hybridized carbons (Fsp3) is 0.222. The maximum Gasteiger partial charge on any atom is 0.318 e. The zero-order valence-corrected chi connectivity index (χ0v) is 15.5. The molecule has 0 bridgehead atoms. The molecule has 1 saturated heterocycles. The molecule has 1 aliphatic rings. The van der Waals surface area contributed by atoms with E-state index in [-0.39, 0.29) is 17.7 Å². The topological polar surface area (TPSA) is 108 Å². The number of hydrogen-bond acceptors (Lipinski definition) is 4. The lowest BCUT2D eigenvalue weighted by Crippen LogP contribution is -2.25. The van der Waals surface area contributed by atoms with Crippen molar-refractivity contribution in [2.75, 3.05) is 34.3 Å². The molecule has 9 heteroatoms. The van der Waals surface area contributed by atoms with Gasteiger partial charge in [-0.25, -0.2) is 13.2 Å². The molecule has 0 aliphatic carbocycles. The van der Waals surface area contributed by atoms with Crippen molar-refractivity contribution in [3.63, 3.8) is 0 Å². The lowest BCUT2D eigenvalue weighted by molar-refractivity contribution is 0.102. The first-order chi connectivity index (χ1) is 12.9. The average Bonchev–Trinajstić information content (AvgIpc) is 3.02. The Labute approximate surface area is 157 Å². The van der Waals surface area contributed by atoms with E-state index in [0.29, 0.717) is 35.6 Å². The van der Waals surface area contributed by atoms with Gasteiger partial charge < -0.3 is 16.0 Å². The van der Waals surface area contributed by atoms with Crippen LogP contribution < -0.4 is 20.3 Å². The van der Waals surface area contributed by atoms with E-state index >= 15 is 0 Å². The molecule has 0 radical (unpaired) electrons. The van der Waals surface area contributed by atoms with Gasteiger partial charge in [0.25, 0.3) is 5.91 Å². The van der Waals surface area contributed by atoms with Crippen molar-refractivity contribution in [3.05, 3.63) is 54.1 Å². The SMILES string of the molecule is CNC(=O)Nc1ccc(NC(=O)c2cccc(N3CCCS3(=O)=O)c2)cc1. The second kappa shape index (κ2) is 7.67. The van der Waals surface area contributed by atoms with Crippen LogP contribution in [0.25, 0.3) is 0 Å². The standard InChI is InChI=1S/C18H20N4O4S/c1-19-18(24)21-15-8-6-14(7-9-15)20-17(23)13-4-2-5-16(12-13)22-10-3-11-27(22,25)26/h2,4-9,12H,3,10-11H2,1H3,(H,20,23)(H2,19,21,24). The normalized spacial score (nSPS) is 15.2. The fourth-order valence-electron chi connectivity index (χ4n) is 2.77. The Hall–Kier alpha value is -3.07. The van der Waals surface area contributed by atoms with Crippen molar-refractivity contribution in [2.24, 2.45) is 0 Å². The minimum Gasteiger partial charge on any atom is -0.341 e. The van der Waals surface area contributed by atoms with Gasteiger partial charge in [0.1, 0.15) is 0 Å². The summed E-state index contributed by atoms with van der Waals surface area (Å²) in [6, 6.07) is 12.9.